The molecule has 0 aliphatic carbocycles. The number of carbonyl (C=O) groups excluding carboxylic acids is 1. The molecule has 33 heavy (non-hydrogen) atoms. The molecule has 0 spiro atoms. The molecule has 0 unspecified atom stereocenters. The van der Waals surface area contributed by atoms with Crippen molar-refractivity contribution >= 4 is 33.3 Å². The lowest BCUT2D eigenvalue weighted by atomic mass is 9.87. The van der Waals surface area contributed by atoms with Crippen LogP contribution < -0.4 is 20.9 Å². The molecule has 2 heterocycles. The van der Waals surface area contributed by atoms with Crippen molar-refractivity contribution in [1.29, 1.82) is 0 Å². The molecule has 1 aliphatic heterocycles. The van der Waals surface area contributed by atoms with Gasteiger partial charge in [0.15, 0.2) is 0 Å². The van der Waals surface area contributed by atoms with Crippen LogP contribution in [0.5, 0.6) is 5.75 Å². The van der Waals surface area contributed by atoms with Crippen LogP contribution in [0.3, 0.4) is 0 Å². The second-order valence-electron chi connectivity index (χ2n) is 8.70. The van der Waals surface area contributed by atoms with Crippen LogP contribution in [0, 0.1) is 0 Å². The number of anilines is 1. The highest BCUT2D eigenvalue weighted by Crippen LogP contribution is 2.36. The van der Waals surface area contributed by atoms with Crippen LogP contribution in [-0.2, 0) is 7.05 Å². The second-order valence-corrected chi connectivity index (χ2v) is 8.70. The molecule has 6 heteroatoms. The Morgan fingerprint density at radius 1 is 1.00 bits per heavy atom. The highest BCUT2D eigenvalue weighted by Gasteiger charge is 2.27. The van der Waals surface area contributed by atoms with E-state index in [0.29, 0.717) is 11.6 Å². The third-order valence-electron chi connectivity index (χ3n) is 6.88. The Morgan fingerprint density at radius 3 is 2.42 bits per heavy atom. The van der Waals surface area contributed by atoms with Gasteiger partial charge in [-0.1, -0.05) is 42.5 Å². The zero-order valence-electron chi connectivity index (χ0n) is 18.9. The Kier molecular flexibility index (Phi) is 5.29. The molecule has 1 saturated heterocycles. The Bertz CT molecular complexity index is 1430. The van der Waals surface area contributed by atoms with E-state index in [1.807, 2.05) is 36.4 Å². The summed E-state index contributed by atoms with van der Waals surface area (Å²) < 4.78 is 6.84. The van der Waals surface area contributed by atoms with Gasteiger partial charge in [0.05, 0.1) is 18.3 Å². The normalized spacial score (nSPS) is 14.7. The maximum atomic E-state index is 13.0. The van der Waals surface area contributed by atoms with Gasteiger partial charge in [-0.3, -0.25) is 9.59 Å². The van der Waals surface area contributed by atoms with E-state index in [1.54, 1.807) is 14.2 Å². The minimum atomic E-state index is -0.677. The van der Waals surface area contributed by atoms with E-state index in [2.05, 4.69) is 29.2 Å². The molecule has 0 radical (unpaired) electrons. The molecule has 168 valence electrons. The van der Waals surface area contributed by atoms with Gasteiger partial charge in [0.1, 0.15) is 11.3 Å². The fraction of sp³-hybridized carbons (Fsp3) is 0.259. The minimum Gasteiger partial charge on any atom is -0.497 e. The number of nitrogens with two attached hydrogens (primary N) is 1. The second kappa shape index (κ2) is 8.28. The number of aromatic nitrogens is 1. The number of hydrogen-bond donors (Lipinski definition) is 1. The van der Waals surface area contributed by atoms with Gasteiger partial charge in [0, 0.05) is 25.5 Å². The summed E-state index contributed by atoms with van der Waals surface area (Å²) in [5.74, 6) is 0.598. The summed E-state index contributed by atoms with van der Waals surface area (Å²) in [5.41, 5.74) is 8.21. The molecule has 1 aromatic heterocycles. The van der Waals surface area contributed by atoms with Gasteiger partial charge in [-0.05, 0) is 53.3 Å². The van der Waals surface area contributed by atoms with Gasteiger partial charge in [-0.15, -0.1) is 0 Å². The van der Waals surface area contributed by atoms with E-state index in [-0.39, 0.29) is 11.1 Å². The van der Waals surface area contributed by atoms with Crippen molar-refractivity contribution in [3.63, 3.8) is 0 Å². The van der Waals surface area contributed by atoms with Crippen LogP contribution in [0.15, 0.2) is 65.5 Å². The number of para-hydroxylation sites is 1. The third-order valence-corrected chi connectivity index (χ3v) is 6.88. The van der Waals surface area contributed by atoms with E-state index in [0.717, 1.165) is 48.0 Å². The fourth-order valence-electron chi connectivity index (χ4n) is 5.09. The first-order chi connectivity index (χ1) is 16.0. The number of methoxy groups -OCH3 is 1. The molecule has 3 aromatic carbocycles. The molecule has 5 rings (SSSR count). The standard InChI is InChI=1S/C27H27N3O3/c1-29-23-6-4-3-5-22(23)25(24(26(28)31)27(29)32)30-13-11-17(12-14-30)18-7-8-20-16-21(33-2)10-9-19(20)15-18/h3-10,15-17H,11-14H2,1-2H3,(H2,28,31). The maximum Gasteiger partial charge on any atom is 0.265 e. The van der Waals surface area contributed by atoms with Crippen molar-refractivity contribution in [1.82, 2.24) is 4.57 Å². The monoisotopic (exact) mass is 441 g/mol. The van der Waals surface area contributed by atoms with Crippen molar-refractivity contribution in [2.24, 2.45) is 12.8 Å². The quantitative estimate of drug-likeness (QED) is 0.515. The number of aryl methyl sites for hydroxylation is 1. The number of ether oxygens (including phenoxy) is 1. The van der Waals surface area contributed by atoms with Gasteiger partial charge in [0.2, 0.25) is 0 Å². The summed E-state index contributed by atoms with van der Waals surface area (Å²) in [4.78, 5) is 27.4. The van der Waals surface area contributed by atoms with Crippen molar-refractivity contribution in [3.8, 4) is 5.75 Å². The Labute approximate surface area is 192 Å². The number of amides is 1. The Morgan fingerprint density at radius 2 is 1.70 bits per heavy atom. The van der Waals surface area contributed by atoms with Crippen LogP contribution in [0.4, 0.5) is 5.69 Å². The molecule has 1 aliphatic rings. The summed E-state index contributed by atoms with van der Waals surface area (Å²) in [7, 11) is 3.36. The predicted molar refractivity (Wildman–Crippen MR) is 132 cm³/mol. The average molecular weight is 442 g/mol. The van der Waals surface area contributed by atoms with E-state index in [4.69, 9.17) is 10.5 Å². The largest absolute Gasteiger partial charge is 0.497 e. The molecular formula is C27H27N3O3. The highest BCUT2D eigenvalue weighted by atomic mass is 16.5. The van der Waals surface area contributed by atoms with E-state index >= 15 is 0 Å². The van der Waals surface area contributed by atoms with Crippen molar-refractivity contribution in [2.45, 2.75) is 18.8 Å². The number of fused-ring (bicyclic) bond motifs is 2. The van der Waals surface area contributed by atoms with E-state index < -0.39 is 5.91 Å². The Hall–Kier alpha value is -3.80. The van der Waals surface area contributed by atoms with Crippen molar-refractivity contribution in [3.05, 3.63) is 82.1 Å². The van der Waals surface area contributed by atoms with Crippen molar-refractivity contribution in [2.75, 3.05) is 25.1 Å². The third kappa shape index (κ3) is 3.61. The number of hydrogen-bond acceptors (Lipinski definition) is 4. The lowest BCUT2D eigenvalue weighted by molar-refractivity contribution is 0.0999. The van der Waals surface area contributed by atoms with Gasteiger partial charge >= 0.3 is 0 Å². The van der Waals surface area contributed by atoms with Gasteiger partial charge in [0.25, 0.3) is 11.5 Å². The summed E-state index contributed by atoms with van der Waals surface area (Å²) in [5, 5.41) is 3.24. The van der Waals surface area contributed by atoms with Crippen molar-refractivity contribution < 1.29 is 9.53 Å². The average Bonchev–Trinajstić information content (AvgIpc) is 2.85. The summed E-state index contributed by atoms with van der Waals surface area (Å²) in [6, 6.07) is 20.4. The molecule has 0 bridgehead atoms. The molecule has 0 atom stereocenters. The molecule has 6 nitrogen and oxygen atoms in total. The smallest absolute Gasteiger partial charge is 0.265 e. The van der Waals surface area contributed by atoms with Crippen LogP contribution >= 0.6 is 0 Å². The highest BCUT2D eigenvalue weighted by molar-refractivity contribution is 6.07. The molecule has 0 saturated carbocycles. The minimum absolute atomic E-state index is 0.0781. The summed E-state index contributed by atoms with van der Waals surface area (Å²) in [6.07, 6.45) is 1.87. The Balaban J connectivity index is 1.47. The number of carbonyl (C=O) groups is 1. The van der Waals surface area contributed by atoms with Crippen LogP contribution in [0.2, 0.25) is 0 Å². The summed E-state index contributed by atoms with van der Waals surface area (Å²) in [6.45, 7) is 1.51. The molecule has 2 N–H and O–H groups in total. The summed E-state index contributed by atoms with van der Waals surface area (Å²) >= 11 is 0. The lowest BCUT2D eigenvalue weighted by Crippen LogP contribution is -2.38. The zero-order chi connectivity index (χ0) is 23.1. The van der Waals surface area contributed by atoms with Crippen LogP contribution in [0.1, 0.15) is 34.7 Å². The number of pyridine rings is 1. The molecule has 4 aromatic rings. The first kappa shape index (κ1) is 21.1. The number of primary amides is 1. The predicted octanol–water partition coefficient (Wildman–Crippen LogP) is 4.18. The molecule has 1 amide bonds. The SMILES string of the molecule is COc1ccc2cc(C3CCN(c4c(C(N)=O)c(=O)n(C)c5ccccc45)CC3)ccc2c1. The first-order valence-corrected chi connectivity index (χ1v) is 11.2. The van der Waals surface area contributed by atoms with E-state index in [9.17, 15) is 9.59 Å². The zero-order valence-corrected chi connectivity index (χ0v) is 18.9. The van der Waals surface area contributed by atoms with Gasteiger partial charge in [-0.2, -0.15) is 0 Å². The van der Waals surface area contributed by atoms with Gasteiger partial charge < -0.3 is 19.9 Å². The molecular weight excluding hydrogens is 414 g/mol. The van der Waals surface area contributed by atoms with Crippen LogP contribution in [-0.4, -0.2) is 30.7 Å². The van der Waals surface area contributed by atoms with E-state index in [1.165, 1.54) is 15.5 Å². The number of nitrogens with zero attached hydrogens (tertiary/aromatic N) is 2. The lowest BCUT2D eigenvalue weighted by Gasteiger charge is -2.35. The molecule has 1 fully saturated rings. The van der Waals surface area contributed by atoms with Gasteiger partial charge in [-0.25, -0.2) is 0 Å². The van der Waals surface area contributed by atoms with Crippen LogP contribution in [0.25, 0.3) is 21.7 Å². The number of benzene rings is 3. The number of rotatable bonds is 4. The topological polar surface area (TPSA) is 77.6 Å². The maximum absolute atomic E-state index is 13.0. The first-order valence-electron chi connectivity index (χ1n) is 11.2. The number of piperidine rings is 1. The fourth-order valence-corrected chi connectivity index (χ4v) is 5.09.